The number of carbonyl (C=O) groups is 2. The highest BCUT2D eigenvalue weighted by Gasteiger charge is 2.28. The molecule has 32 heavy (non-hydrogen) atoms. The summed E-state index contributed by atoms with van der Waals surface area (Å²) in [4.78, 5) is 29.0. The van der Waals surface area contributed by atoms with E-state index in [1.165, 1.54) is 28.6 Å². The summed E-state index contributed by atoms with van der Waals surface area (Å²) in [5, 5.41) is 2.83. The number of hydrogen-bond acceptors (Lipinski definition) is 4. The molecule has 4 rings (SSSR count). The molecule has 1 saturated heterocycles. The van der Waals surface area contributed by atoms with Gasteiger partial charge in [0, 0.05) is 36.3 Å². The quantitative estimate of drug-likeness (QED) is 0.757. The SMILES string of the molecule is CC(C)C1=CC(=O)NC2=CC(=NC(=O)c3ccc(S(=O)(=O)N4CCCCC4)cc3)C=CC21. The van der Waals surface area contributed by atoms with Gasteiger partial charge < -0.3 is 5.32 Å². The molecule has 2 amide bonds. The molecule has 1 aromatic rings. The zero-order chi connectivity index (χ0) is 22.9. The highest BCUT2D eigenvalue weighted by Crippen LogP contribution is 2.31. The van der Waals surface area contributed by atoms with Crippen LogP contribution in [0.2, 0.25) is 0 Å². The monoisotopic (exact) mass is 453 g/mol. The molecule has 7 nitrogen and oxygen atoms in total. The number of nitrogens with zero attached hydrogens (tertiary/aromatic N) is 2. The van der Waals surface area contributed by atoms with Gasteiger partial charge in [-0.2, -0.15) is 4.31 Å². The fourth-order valence-electron chi connectivity index (χ4n) is 4.22. The molecule has 2 heterocycles. The number of piperidine rings is 1. The predicted molar refractivity (Wildman–Crippen MR) is 123 cm³/mol. The molecule has 1 aromatic carbocycles. The first kappa shape index (κ1) is 22.4. The molecule has 1 aliphatic carbocycles. The van der Waals surface area contributed by atoms with Crippen LogP contribution in [0.4, 0.5) is 0 Å². The second-order valence-electron chi connectivity index (χ2n) is 8.56. The largest absolute Gasteiger partial charge is 0.325 e. The van der Waals surface area contributed by atoms with E-state index in [1.807, 2.05) is 19.9 Å². The lowest BCUT2D eigenvalue weighted by atomic mass is 9.82. The van der Waals surface area contributed by atoms with E-state index in [2.05, 4.69) is 10.3 Å². The summed E-state index contributed by atoms with van der Waals surface area (Å²) in [6.07, 6.45) is 9.83. The van der Waals surface area contributed by atoms with Crippen LogP contribution in [0, 0.1) is 11.8 Å². The molecule has 1 fully saturated rings. The Bertz CT molecular complexity index is 1150. The van der Waals surface area contributed by atoms with E-state index < -0.39 is 15.9 Å². The second kappa shape index (κ2) is 8.96. The van der Waals surface area contributed by atoms with Crippen LogP contribution >= 0.6 is 0 Å². The zero-order valence-corrected chi connectivity index (χ0v) is 19.1. The zero-order valence-electron chi connectivity index (χ0n) is 18.2. The number of sulfonamides is 1. The minimum absolute atomic E-state index is 0.0268. The van der Waals surface area contributed by atoms with E-state index in [1.54, 1.807) is 18.2 Å². The molecule has 3 aliphatic rings. The molecular weight excluding hydrogens is 426 g/mol. The Morgan fingerprint density at radius 3 is 2.44 bits per heavy atom. The van der Waals surface area contributed by atoms with Crippen molar-refractivity contribution in [1.29, 1.82) is 0 Å². The van der Waals surface area contributed by atoms with Crippen LogP contribution in [0.25, 0.3) is 0 Å². The lowest BCUT2D eigenvalue weighted by Gasteiger charge is -2.29. The molecule has 8 heteroatoms. The highest BCUT2D eigenvalue weighted by atomic mass is 32.2. The molecule has 0 aromatic heterocycles. The molecule has 0 spiro atoms. The lowest BCUT2D eigenvalue weighted by Crippen LogP contribution is -2.35. The van der Waals surface area contributed by atoms with Crippen LogP contribution in [0.5, 0.6) is 0 Å². The predicted octanol–water partition coefficient (Wildman–Crippen LogP) is 3.22. The van der Waals surface area contributed by atoms with Crippen molar-refractivity contribution in [2.24, 2.45) is 16.8 Å². The summed E-state index contributed by atoms with van der Waals surface area (Å²) in [5.74, 6) is -0.453. The summed E-state index contributed by atoms with van der Waals surface area (Å²) in [6.45, 7) is 5.14. The average Bonchev–Trinajstić information content (AvgIpc) is 2.79. The standard InChI is InChI=1S/C24H27N3O4S/c1-16(2)21-15-23(28)26-22-14-18(8-11-20(21)22)25-24(29)17-6-9-19(10-7-17)32(30,31)27-12-4-3-5-13-27/h6-11,14-16,20H,3-5,12-13H2,1-2H3,(H,26,28). The van der Waals surface area contributed by atoms with Crippen molar-refractivity contribution in [1.82, 2.24) is 9.62 Å². The van der Waals surface area contributed by atoms with Crippen LogP contribution < -0.4 is 5.32 Å². The normalized spacial score (nSPS) is 22.9. The van der Waals surface area contributed by atoms with E-state index in [0.717, 1.165) is 24.8 Å². The molecule has 0 saturated carbocycles. The Kier molecular flexibility index (Phi) is 6.26. The Morgan fingerprint density at radius 1 is 1.09 bits per heavy atom. The van der Waals surface area contributed by atoms with E-state index in [4.69, 9.17) is 0 Å². The number of hydrogen-bond donors (Lipinski definition) is 1. The van der Waals surface area contributed by atoms with Crippen molar-refractivity contribution in [3.63, 3.8) is 0 Å². The summed E-state index contributed by atoms with van der Waals surface area (Å²) >= 11 is 0. The van der Waals surface area contributed by atoms with E-state index in [9.17, 15) is 18.0 Å². The van der Waals surface area contributed by atoms with E-state index in [0.29, 0.717) is 30.1 Å². The third-order valence-corrected chi connectivity index (χ3v) is 7.89. The Labute approximate surface area is 188 Å². The number of fused-ring (bicyclic) bond motifs is 1. The van der Waals surface area contributed by atoms with Gasteiger partial charge in [-0.05, 0) is 60.8 Å². The van der Waals surface area contributed by atoms with Gasteiger partial charge in [0.25, 0.3) is 5.91 Å². The minimum atomic E-state index is -3.54. The van der Waals surface area contributed by atoms with Crippen LogP contribution in [-0.2, 0) is 14.8 Å². The molecule has 0 radical (unpaired) electrons. The Morgan fingerprint density at radius 2 is 1.78 bits per heavy atom. The molecule has 0 bridgehead atoms. The number of benzene rings is 1. The molecule has 168 valence electrons. The maximum atomic E-state index is 12.8. The summed E-state index contributed by atoms with van der Waals surface area (Å²) in [5.41, 5.74) is 2.47. The number of carbonyl (C=O) groups excluding carboxylic acids is 2. The molecule has 1 unspecified atom stereocenters. The number of rotatable bonds is 4. The number of aliphatic imine (C=N–C) groups is 1. The van der Waals surface area contributed by atoms with Crippen LogP contribution in [0.15, 0.2) is 69.7 Å². The van der Waals surface area contributed by atoms with Gasteiger partial charge in [-0.1, -0.05) is 26.3 Å². The fraction of sp³-hybridized carbons (Fsp3) is 0.375. The van der Waals surface area contributed by atoms with Gasteiger partial charge in [0.1, 0.15) is 0 Å². The highest BCUT2D eigenvalue weighted by molar-refractivity contribution is 7.89. The van der Waals surface area contributed by atoms with Gasteiger partial charge >= 0.3 is 0 Å². The summed E-state index contributed by atoms with van der Waals surface area (Å²) in [7, 11) is -3.54. The second-order valence-corrected chi connectivity index (χ2v) is 10.5. The first-order chi connectivity index (χ1) is 15.3. The van der Waals surface area contributed by atoms with Crippen LogP contribution in [-0.4, -0.2) is 43.3 Å². The number of allylic oxidation sites excluding steroid dienone is 3. The van der Waals surface area contributed by atoms with Gasteiger partial charge in [0.15, 0.2) is 0 Å². The van der Waals surface area contributed by atoms with Gasteiger partial charge in [0.05, 0.1) is 10.6 Å². The first-order valence-corrected chi connectivity index (χ1v) is 12.4. The van der Waals surface area contributed by atoms with Gasteiger partial charge in [-0.25, -0.2) is 13.4 Å². The first-order valence-electron chi connectivity index (χ1n) is 10.9. The van der Waals surface area contributed by atoms with Crippen molar-refractivity contribution in [3.05, 3.63) is 65.4 Å². The Balaban J connectivity index is 1.52. The van der Waals surface area contributed by atoms with Crippen LogP contribution in [0.1, 0.15) is 43.5 Å². The van der Waals surface area contributed by atoms with Gasteiger partial charge in [0.2, 0.25) is 15.9 Å². The third kappa shape index (κ3) is 4.52. The van der Waals surface area contributed by atoms with Crippen LogP contribution in [0.3, 0.4) is 0 Å². The molecule has 1 atom stereocenters. The van der Waals surface area contributed by atoms with Crippen molar-refractivity contribution < 1.29 is 18.0 Å². The number of nitrogens with one attached hydrogen (secondary N) is 1. The number of amides is 2. The average molecular weight is 454 g/mol. The van der Waals surface area contributed by atoms with Crippen molar-refractivity contribution in [2.45, 2.75) is 38.0 Å². The van der Waals surface area contributed by atoms with E-state index >= 15 is 0 Å². The molecule has 2 aliphatic heterocycles. The smallest absolute Gasteiger partial charge is 0.277 e. The third-order valence-electron chi connectivity index (χ3n) is 5.97. The lowest BCUT2D eigenvalue weighted by molar-refractivity contribution is -0.116. The summed E-state index contributed by atoms with van der Waals surface area (Å²) < 4.78 is 27.1. The fourth-order valence-corrected chi connectivity index (χ4v) is 5.74. The maximum Gasteiger partial charge on any atom is 0.277 e. The van der Waals surface area contributed by atoms with Crippen molar-refractivity contribution >= 4 is 27.5 Å². The summed E-state index contributed by atoms with van der Waals surface area (Å²) in [6, 6.07) is 5.91. The molecule has 1 N–H and O–H groups in total. The minimum Gasteiger partial charge on any atom is -0.325 e. The van der Waals surface area contributed by atoms with Gasteiger partial charge in [-0.3, -0.25) is 9.59 Å². The van der Waals surface area contributed by atoms with Gasteiger partial charge in [-0.15, -0.1) is 0 Å². The Hall–Kier alpha value is -2.84. The molecular formula is C24H27N3O4S. The topological polar surface area (TPSA) is 95.9 Å². The van der Waals surface area contributed by atoms with E-state index in [-0.39, 0.29) is 22.6 Å². The van der Waals surface area contributed by atoms with Crippen molar-refractivity contribution in [3.8, 4) is 0 Å². The maximum absolute atomic E-state index is 12.8. The van der Waals surface area contributed by atoms with Crippen molar-refractivity contribution in [2.75, 3.05) is 13.1 Å².